The zero-order valence-electron chi connectivity index (χ0n) is 13.1. The summed E-state index contributed by atoms with van der Waals surface area (Å²) in [6.45, 7) is 2.80. The van der Waals surface area contributed by atoms with Gasteiger partial charge in [0.25, 0.3) is 0 Å². The number of carbonyl (C=O) groups is 2. The van der Waals surface area contributed by atoms with Crippen LogP contribution in [0, 0.1) is 6.92 Å². The number of nitrogens with two attached hydrogens (primary N) is 2. The molecule has 124 valence electrons. The van der Waals surface area contributed by atoms with Crippen LogP contribution < -0.4 is 16.8 Å². The number of unbranched alkanes of at least 4 members (excludes halogenated alkanes) is 1. The Morgan fingerprint density at radius 2 is 1.86 bits per heavy atom. The van der Waals surface area contributed by atoms with Crippen LogP contribution in [0.25, 0.3) is 0 Å². The van der Waals surface area contributed by atoms with Gasteiger partial charge in [-0.1, -0.05) is 42.3 Å². The van der Waals surface area contributed by atoms with Gasteiger partial charge < -0.3 is 21.9 Å². The molecule has 0 saturated carbocycles. The first-order chi connectivity index (χ1) is 10.5. The molecule has 1 atom stereocenters. The van der Waals surface area contributed by atoms with Gasteiger partial charge in [0, 0.05) is 6.54 Å². The summed E-state index contributed by atoms with van der Waals surface area (Å²) in [5.41, 5.74) is 12.2. The molecule has 0 bridgehead atoms. The van der Waals surface area contributed by atoms with Crippen molar-refractivity contribution in [2.75, 3.05) is 13.1 Å². The van der Waals surface area contributed by atoms with E-state index in [0.29, 0.717) is 13.0 Å². The van der Waals surface area contributed by atoms with Gasteiger partial charge in [0.15, 0.2) is 0 Å². The van der Waals surface area contributed by atoms with Crippen LogP contribution in [-0.2, 0) is 9.59 Å². The number of carboxylic acid groups (broad SMARTS) is 1. The molecule has 6 heteroatoms. The normalized spacial score (nSPS) is 11.0. The number of aliphatic carboxylic acids is 1. The van der Waals surface area contributed by atoms with Gasteiger partial charge in [0.1, 0.15) is 0 Å². The summed E-state index contributed by atoms with van der Waals surface area (Å²) in [4.78, 5) is 21.4. The molecule has 0 spiro atoms. The molecule has 6 N–H and O–H groups in total. The number of hydrogen-bond donors (Lipinski definition) is 4. The van der Waals surface area contributed by atoms with Crippen LogP contribution in [0.1, 0.15) is 31.2 Å². The van der Waals surface area contributed by atoms with Crippen molar-refractivity contribution in [1.29, 1.82) is 0 Å². The molecule has 0 aliphatic heterocycles. The number of amides is 1. The van der Waals surface area contributed by atoms with E-state index in [1.807, 2.05) is 18.2 Å². The highest BCUT2D eigenvalue weighted by Crippen LogP contribution is 1.97. The molecule has 6 nitrogen and oxygen atoms in total. The van der Waals surface area contributed by atoms with Crippen LogP contribution in [0.4, 0.5) is 0 Å². The molecule has 0 radical (unpaired) electrons. The first kappa shape index (κ1) is 20.1. The van der Waals surface area contributed by atoms with E-state index >= 15 is 0 Å². The second-order valence-electron chi connectivity index (χ2n) is 4.98. The van der Waals surface area contributed by atoms with Crippen LogP contribution in [0.3, 0.4) is 0 Å². The molecule has 1 rings (SSSR count). The van der Waals surface area contributed by atoms with Crippen LogP contribution in [-0.4, -0.2) is 36.1 Å². The van der Waals surface area contributed by atoms with Gasteiger partial charge in [-0.25, -0.2) is 0 Å². The lowest BCUT2D eigenvalue weighted by atomic mass is 10.1. The van der Waals surface area contributed by atoms with Crippen LogP contribution in [0.2, 0.25) is 0 Å². The van der Waals surface area contributed by atoms with Crippen LogP contribution in [0.15, 0.2) is 30.3 Å². The average molecular weight is 309 g/mol. The Bertz CT molecular complexity index is 424. The highest BCUT2D eigenvalue weighted by Gasteiger charge is 2.12. The summed E-state index contributed by atoms with van der Waals surface area (Å²) in [6.07, 6.45) is 2.15. The largest absolute Gasteiger partial charge is 0.481 e. The molecule has 22 heavy (non-hydrogen) atoms. The Kier molecular flexibility index (Phi) is 11.7. The first-order valence-corrected chi connectivity index (χ1v) is 7.44. The highest BCUT2D eigenvalue weighted by atomic mass is 16.4. The van der Waals surface area contributed by atoms with E-state index in [4.69, 9.17) is 16.6 Å². The van der Waals surface area contributed by atoms with Gasteiger partial charge in [0.2, 0.25) is 5.91 Å². The van der Waals surface area contributed by atoms with Crippen molar-refractivity contribution in [3.63, 3.8) is 0 Å². The molecule has 0 unspecified atom stereocenters. The fourth-order valence-electron chi connectivity index (χ4n) is 1.60. The third-order valence-electron chi connectivity index (χ3n) is 2.88. The Balaban J connectivity index is 0.000000518. The first-order valence-electron chi connectivity index (χ1n) is 7.44. The van der Waals surface area contributed by atoms with Gasteiger partial charge in [-0.2, -0.15) is 0 Å². The van der Waals surface area contributed by atoms with Crippen molar-refractivity contribution in [2.45, 2.75) is 38.6 Å². The van der Waals surface area contributed by atoms with Crippen molar-refractivity contribution in [3.05, 3.63) is 35.9 Å². The molecule has 1 amide bonds. The van der Waals surface area contributed by atoms with Gasteiger partial charge >= 0.3 is 5.97 Å². The number of nitrogens with one attached hydrogen (secondary N) is 1. The van der Waals surface area contributed by atoms with E-state index < -0.39 is 12.0 Å². The molecule has 0 aliphatic carbocycles. The Morgan fingerprint density at radius 1 is 1.23 bits per heavy atom. The Morgan fingerprint density at radius 3 is 2.32 bits per heavy atom. The van der Waals surface area contributed by atoms with Crippen LogP contribution in [0.5, 0.6) is 0 Å². The van der Waals surface area contributed by atoms with Gasteiger partial charge in [0.05, 0.1) is 12.5 Å². The molecule has 0 aromatic heterocycles. The number of aryl methyl sites for hydroxylation is 1. The van der Waals surface area contributed by atoms with E-state index in [9.17, 15) is 9.59 Å². The molecular formula is C16H27N3O3. The number of rotatable bonds is 8. The minimum absolute atomic E-state index is 0.0821. The van der Waals surface area contributed by atoms with Crippen molar-refractivity contribution in [2.24, 2.45) is 11.5 Å². The smallest absolute Gasteiger partial charge is 0.305 e. The molecule has 1 aromatic carbocycles. The fourth-order valence-corrected chi connectivity index (χ4v) is 1.60. The summed E-state index contributed by atoms with van der Waals surface area (Å²) < 4.78 is 0. The lowest BCUT2D eigenvalue weighted by Gasteiger charge is -2.10. The minimum Gasteiger partial charge on any atom is -0.481 e. The van der Waals surface area contributed by atoms with E-state index in [-0.39, 0.29) is 18.9 Å². The molecule has 0 heterocycles. The van der Waals surface area contributed by atoms with Gasteiger partial charge in [-0.15, -0.1) is 0 Å². The van der Waals surface area contributed by atoms with E-state index in [1.54, 1.807) is 0 Å². The Labute approximate surface area is 131 Å². The van der Waals surface area contributed by atoms with Gasteiger partial charge in [-0.05, 0) is 26.3 Å². The molecule has 0 aliphatic rings. The maximum Gasteiger partial charge on any atom is 0.305 e. The average Bonchev–Trinajstić information content (AvgIpc) is 2.48. The highest BCUT2D eigenvalue weighted by molar-refractivity contribution is 5.81. The second-order valence-corrected chi connectivity index (χ2v) is 4.98. The summed E-state index contributed by atoms with van der Waals surface area (Å²) in [6, 6.07) is 9.70. The summed E-state index contributed by atoms with van der Waals surface area (Å²) in [5, 5.41) is 10.8. The standard InChI is InChI=1S/C9H19N3O3.C7H8/c10-5-2-1-3-7(11)9(15)12-6-4-8(13)14;1-7-5-3-2-4-6-7/h7H,1-6,10-11H2,(H,12,15)(H,13,14);2-6H,1H3/t7-;/m0./s1. The lowest BCUT2D eigenvalue weighted by molar-refractivity contribution is -0.136. The fraction of sp³-hybridized carbons (Fsp3) is 0.500. The van der Waals surface area contributed by atoms with E-state index in [0.717, 1.165) is 12.8 Å². The zero-order valence-corrected chi connectivity index (χ0v) is 13.1. The van der Waals surface area contributed by atoms with Crippen LogP contribution >= 0.6 is 0 Å². The maximum absolute atomic E-state index is 11.3. The van der Waals surface area contributed by atoms with Crippen molar-refractivity contribution >= 4 is 11.9 Å². The molecule has 1 aromatic rings. The monoisotopic (exact) mass is 309 g/mol. The predicted octanol–water partition coefficient (Wildman–Crippen LogP) is 1.03. The predicted molar refractivity (Wildman–Crippen MR) is 87.3 cm³/mol. The SMILES string of the molecule is Cc1ccccc1.NCCCC[C@H](N)C(=O)NCCC(=O)O. The third kappa shape index (κ3) is 11.9. The second kappa shape index (κ2) is 12.8. The maximum atomic E-state index is 11.3. The summed E-state index contributed by atoms with van der Waals surface area (Å²) in [7, 11) is 0. The minimum atomic E-state index is -0.938. The van der Waals surface area contributed by atoms with Crippen molar-refractivity contribution in [1.82, 2.24) is 5.32 Å². The zero-order chi connectivity index (χ0) is 16.8. The Hall–Kier alpha value is -1.92. The number of carboxylic acids is 1. The van der Waals surface area contributed by atoms with Crippen molar-refractivity contribution < 1.29 is 14.7 Å². The third-order valence-corrected chi connectivity index (χ3v) is 2.88. The van der Waals surface area contributed by atoms with E-state index in [2.05, 4.69) is 24.4 Å². The molecule has 0 fully saturated rings. The molecule has 0 saturated heterocycles. The number of benzene rings is 1. The van der Waals surface area contributed by atoms with Crippen molar-refractivity contribution in [3.8, 4) is 0 Å². The van der Waals surface area contributed by atoms with E-state index in [1.165, 1.54) is 5.56 Å². The lowest BCUT2D eigenvalue weighted by Crippen LogP contribution is -2.41. The summed E-state index contributed by atoms with van der Waals surface area (Å²) >= 11 is 0. The molecular weight excluding hydrogens is 282 g/mol. The quantitative estimate of drug-likeness (QED) is 0.535. The summed E-state index contributed by atoms with van der Waals surface area (Å²) in [5.74, 6) is -1.24. The number of carbonyl (C=O) groups excluding carboxylic acids is 1. The topological polar surface area (TPSA) is 118 Å². The number of hydrogen-bond acceptors (Lipinski definition) is 4. The van der Waals surface area contributed by atoms with Gasteiger partial charge in [-0.3, -0.25) is 9.59 Å².